The Morgan fingerprint density at radius 1 is 1.36 bits per heavy atom. The molecule has 0 aliphatic carbocycles. The molecule has 0 atom stereocenters. The summed E-state index contributed by atoms with van der Waals surface area (Å²) in [6.45, 7) is 6.62. The molecule has 0 bridgehead atoms. The molecule has 0 rings (SSSR count). The van der Waals surface area contributed by atoms with Crippen molar-refractivity contribution in [2.24, 2.45) is 17.4 Å². The number of rotatable bonds is 2. The van der Waals surface area contributed by atoms with Crippen molar-refractivity contribution >= 4 is 11.8 Å². The molecule has 0 saturated carbocycles. The van der Waals surface area contributed by atoms with Crippen LogP contribution in [0.1, 0.15) is 13.8 Å². The molecule has 4 heteroatoms. The quantitative estimate of drug-likeness (QED) is 0.544. The summed E-state index contributed by atoms with van der Waals surface area (Å²) in [4.78, 5) is 19.4. The smallest absolute Gasteiger partial charge is 0.240 e. The minimum Gasteiger partial charge on any atom is -0.369 e. The van der Waals surface area contributed by atoms with E-state index in [4.69, 9.17) is 5.73 Å². The number of carbonyl (C=O) groups excluding carboxylic acids is 2. The summed E-state index contributed by atoms with van der Waals surface area (Å²) in [6.07, 6.45) is 1.06. The van der Waals surface area contributed by atoms with Crippen molar-refractivity contribution < 1.29 is 9.59 Å². The fourth-order valence-electron chi connectivity index (χ4n) is 0. The Bertz CT molecular complexity index is 153. The van der Waals surface area contributed by atoms with E-state index in [1.54, 1.807) is 13.8 Å². The van der Waals surface area contributed by atoms with Gasteiger partial charge in [-0.25, -0.2) is 0 Å². The molecule has 0 aromatic heterocycles. The topological polar surface area (TPSA) is 86.2 Å². The second-order valence-corrected chi connectivity index (χ2v) is 2.16. The maximum atomic E-state index is 9.92. The number of hydrogen-bond donors (Lipinski definition) is 2. The van der Waals surface area contributed by atoms with Crippen LogP contribution in [0, 0.1) is 5.92 Å². The van der Waals surface area contributed by atoms with Gasteiger partial charge in [0.1, 0.15) is 0 Å². The lowest BCUT2D eigenvalue weighted by atomic mass is 10.2. The SMILES string of the molecule is C=CC(N)=O.CC(C)C(N)=O. The molecule has 0 fully saturated rings. The maximum absolute atomic E-state index is 9.92. The van der Waals surface area contributed by atoms with Gasteiger partial charge in [-0.3, -0.25) is 9.59 Å². The molecule has 0 aliphatic rings. The largest absolute Gasteiger partial charge is 0.369 e. The molecule has 0 aromatic rings. The number of hydrogen-bond acceptors (Lipinski definition) is 2. The molecular weight excluding hydrogens is 144 g/mol. The fourth-order valence-corrected chi connectivity index (χ4v) is 0. The van der Waals surface area contributed by atoms with Crippen molar-refractivity contribution in [3.8, 4) is 0 Å². The van der Waals surface area contributed by atoms with E-state index < -0.39 is 5.91 Å². The highest BCUT2D eigenvalue weighted by Crippen LogP contribution is 1.84. The third kappa shape index (κ3) is 17.7. The molecule has 0 spiro atoms. The van der Waals surface area contributed by atoms with E-state index in [1.165, 1.54) is 0 Å². The third-order valence-electron chi connectivity index (χ3n) is 0.770. The standard InChI is InChI=1S/C4H9NO.C3H5NO/c1-3(2)4(5)6;1-2-3(4)5/h3H,1-2H3,(H2,5,6);2H,1H2,(H2,4,5). The van der Waals surface area contributed by atoms with E-state index >= 15 is 0 Å². The first-order chi connectivity index (χ1) is 4.91. The Balaban J connectivity index is 0. The molecule has 0 saturated heterocycles. The molecule has 0 radical (unpaired) electrons. The number of carbonyl (C=O) groups is 2. The summed E-state index contributed by atoms with van der Waals surface area (Å²) in [6, 6.07) is 0. The lowest BCUT2D eigenvalue weighted by Crippen LogP contribution is -2.17. The Kier molecular flexibility index (Phi) is 7.64. The minimum atomic E-state index is -0.481. The highest BCUT2D eigenvalue weighted by molar-refractivity contribution is 5.84. The number of amides is 2. The molecule has 0 aliphatic heterocycles. The average molecular weight is 158 g/mol. The predicted octanol–water partition coefficient (Wildman–Crippen LogP) is -0.215. The van der Waals surface area contributed by atoms with Crippen LogP contribution in [0.2, 0.25) is 0 Å². The number of primary amides is 2. The van der Waals surface area contributed by atoms with Crippen LogP contribution >= 0.6 is 0 Å². The highest BCUT2D eigenvalue weighted by atomic mass is 16.1. The molecule has 0 aromatic carbocycles. The van der Waals surface area contributed by atoms with Gasteiger partial charge in [0.15, 0.2) is 0 Å². The summed E-state index contributed by atoms with van der Waals surface area (Å²) < 4.78 is 0. The zero-order valence-electron chi connectivity index (χ0n) is 6.83. The van der Waals surface area contributed by atoms with E-state index in [0.717, 1.165) is 6.08 Å². The van der Waals surface area contributed by atoms with Crippen LogP contribution in [0.3, 0.4) is 0 Å². The van der Waals surface area contributed by atoms with E-state index in [0.29, 0.717) is 0 Å². The fraction of sp³-hybridized carbons (Fsp3) is 0.429. The molecule has 4 nitrogen and oxygen atoms in total. The van der Waals surface area contributed by atoms with E-state index in [9.17, 15) is 9.59 Å². The van der Waals surface area contributed by atoms with Crippen molar-refractivity contribution in [1.82, 2.24) is 0 Å². The molecule has 2 amide bonds. The summed E-state index contributed by atoms with van der Waals surface area (Å²) in [7, 11) is 0. The molecule has 0 unspecified atom stereocenters. The Morgan fingerprint density at radius 2 is 1.55 bits per heavy atom. The third-order valence-corrected chi connectivity index (χ3v) is 0.770. The zero-order valence-corrected chi connectivity index (χ0v) is 6.83. The Hall–Kier alpha value is -1.32. The van der Waals surface area contributed by atoms with Gasteiger partial charge in [-0.1, -0.05) is 20.4 Å². The molecule has 64 valence electrons. The summed E-state index contributed by atoms with van der Waals surface area (Å²) in [5, 5.41) is 0. The second kappa shape index (κ2) is 6.80. The molecule has 11 heavy (non-hydrogen) atoms. The minimum absolute atomic E-state index is 0.00926. The maximum Gasteiger partial charge on any atom is 0.240 e. The van der Waals surface area contributed by atoms with Crippen LogP contribution in [-0.4, -0.2) is 11.8 Å². The monoisotopic (exact) mass is 158 g/mol. The predicted molar refractivity (Wildman–Crippen MR) is 43.4 cm³/mol. The van der Waals surface area contributed by atoms with Crippen LogP contribution in [0.25, 0.3) is 0 Å². The lowest BCUT2D eigenvalue weighted by Gasteiger charge is -1.90. The molecule has 4 N–H and O–H groups in total. The number of nitrogens with two attached hydrogens (primary N) is 2. The zero-order chi connectivity index (χ0) is 9.44. The first-order valence-electron chi connectivity index (χ1n) is 3.13. The van der Waals surface area contributed by atoms with Crippen molar-refractivity contribution in [1.29, 1.82) is 0 Å². The van der Waals surface area contributed by atoms with Gasteiger partial charge < -0.3 is 11.5 Å². The summed E-state index contributed by atoms with van der Waals surface area (Å²) in [5.74, 6) is -0.731. The van der Waals surface area contributed by atoms with Crippen LogP contribution < -0.4 is 11.5 Å². The molecule has 0 heterocycles. The van der Waals surface area contributed by atoms with Gasteiger partial charge >= 0.3 is 0 Å². The summed E-state index contributed by atoms with van der Waals surface area (Å²) in [5.41, 5.74) is 9.33. The van der Waals surface area contributed by atoms with Crippen LogP contribution in [0.5, 0.6) is 0 Å². The van der Waals surface area contributed by atoms with Gasteiger partial charge in [0.25, 0.3) is 0 Å². The van der Waals surface area contributed by atoms with Crippen LogP contribution in [0.15, 0.2) is 12.7 Å². The average Bonchev–Trinajstić information content (AvgIpc) is 1.89. The van der Waals surface area contributed by atoms with Gasteiger partial charge in [-0.2, -0.15) is 0 Å². The van der Waals surface area contributed by atoms with E-state index in [-0.39, 0.29) is 11.8 Å². The van der Waals surface area contributed by atoms with Crippen molar-refractivity contribution in [2.45, 2.75) is 13.8 Å². The van der Waals surface area contributed by atoms with E-state index in [2.05, 4.69) is 12.3 Å². The second-order valence-electron chi connectivity index (χ2n) is 2.16. The van der Waals surface area contributed by atoms with Gasteiger partial charge in [-0.15, -0.1) is 0 Å². The Morgan fingerprint density at radius 3 is 1.55 bits per heavy atom. The van der Waals surface area contributed by atoms with Gasteiger partial charge in [0.2, 0.25) is 11.8 Å². The van der Waals surface area contributed by atoms with Crippen molar-refractivity contribution in [3.63, 3.8) is 0 Å². The van der Waals surface area contributed by atoms with Crippen molar-refractivity contribution in [2.75, 3.05) is 0 Å². The van der Waals surface area contributed by atoms with Gasteiger partial charge in [0.05, 0.1) is 0 Å². The van der Waals surface area contributed by atoms with Crippen LogP contribution in [0.4, 0.5) is 0 Å². The van der Waals surface area contributed by atoms with Gasteiger partial charge in [0, 0.05) is 5.92 Å². The molecular formula is C7H14N2O2. The van der Waals surface area contributed by atoms with Crippen molar-refractivity contribution in [3.05, 3.63) is 12.7 Å². The Labute approximate surface area is 66.2 Å². The van der Waals surface area contributed by atoms with Crippen LogP contribution in [-0.2, 0) is 9.59 Å². The lowest BCUT2D eigenvalue weighted by molar-refractivity contribution is -0.120. The first-order valence-corrected chi connectivity index (χ1v) is 3.13. The van der Waals surface area contributed by atoms with Gasteiger partial charge in [-0.05, 0) is 6.08 Å². The van der Waals surface area contributed by atoms with E-state index in [1.807, 2.05) is 0 Å². The normalized spacial score (nSPS) is 7.91. The highest BCUT2D eigenvalue weighted by Gasteiger charge is 1.96. The summed E-state index contributed by atoms with van der Waals surface area (Å²) >= 11 is 0. The first kappa shape index (κ1) is 12.4.